The maximum atomic E-state index is 5.38. The van der Waals surface area contributed by atoms with Crippen LogP contribution in [0.3, 0.4) is 0 Å². The second kappa shape index (κ2) is 14.9. The minimum atomic E-state index is 0.875. The third kappa shape index (κ3) is 6.73. The van der Waals surface area contributed by atoms with Crippen LogP contribution in [0.1, 0.15) is 0 Å². The van der Waals surface area contributed by atoms with Crippen molar-refractivity contribution in [1.82, 2.24) is 9.97 Å². The van der Waals surface area contributed by atoms with Gasteiger partial charge in [0.2, 0.25) is 0 Å². The number of hydrogen-bond acceptors (Lipinski definition) is 3. The maximum Gasteiger partial charge on any atom is 0.0973 e. The molecule has 0 spiro atoms. The third-order valence-corrected chi connectivity index (χ3v) is 10.6. The number of para-hydroxylation sites is 1. The summed E-state index contributed by atoms with van der Waals surface area (Å²) in [6, 6.07) is 79.3. The van der Waals surface area contributed by atoms with Crippen molar-refractivity contribution in [2.75, 3.05) is 4.90 Å². The van der Waals surface area contributed by atoms with E-state index in [0.29, 0.717) is 0 Å². The second-order valence-electron chi connectivity index (χ2n) is 14.2. The van der Waals surface area contributed by atoms with Crippen LogP contribution in [0, 0.1) is 0 Å². The molecule has 0 saturated heterocycles. The summed E-state index contributed by atoms with van der Waals surface area (Å²) in [5, 5.41) is 2.21. The minimum Gasteiger partial charge on any atom is -0.310 e. The smallest absolute Gasteiger partial charge is 0.0973 e. The molecule has 0 aliphatic heterocycles. The molecule has 0 aliphatic rings. The van der Waals surface area contributed by atoms with Crippen LogP contribution in [0.15, 0.2) is 224 Å². The Morgan fingerprint density at radius 1 is 0.281 bits per heavy atom. The summed E-state index contributed by atoms with van der Waals surface area (Å²) in [7, 11) is 0. The highest BCUT2D eigenvalue weighted by Crippen LogP contribution is 2.41. The topological polar surface area (TPSA) is 29.0 Å². The molecule has 0 saturated carbocycles. The van der Waals surface area contributed by atoms with E-state index in [1.807, 2.05) is 12.1 Å². The Hall–Kier alpha value is -7.62. The number of hydrogen-bond donors (Lipinski definition) is 0. The fourth-order valence-electron chi connectivity index (χ4n) is 7.77. The predicted molar refractivity (Wildman–Crippen MR) is 239 cm³/mol. The Balaban J connectivity index is 1.08. The Morgan fingerprint density at radius 3 is 1.28 bits per heavy atom. The number of nitrogens with zero attached hydrogens (tertiary/aromatic N) is 3. The van der Waals surface area contributed by atoms with Crippen LogP contribution in [-0.2, 0) is 0 Å². The highest BCUT2D eigenvalue weighted by atomic mass is 15.1. The van der Waals surface area contributed by atoms with Crippen molar-refractivity contribution in [1.29, 1.82) is 0 Å². The van der Waals surface area contributed by atoms with Crippen LogP contribution in [-0.4, -0.2) is 9.97 Å². The van der Waals surface area contributed by atoms with Gasteiger partial charge in [-0.05, 0) is 93.4 Å². The predicted octanol–water partition coefficient (Wildman–Crippen LogP) is 14.6. The van der Waals surface area contributed by atoms with Crippen LogP contribution in [0.4, 0.5) is 17.1 Å². The first kappa shape index (κ1) is 33.9. The van der Waals surface area contributed by atoms with Gasteiger partial charge in [-0.1, -0.05) is 170 Å². The Morgan fingerprint density at radius 2 is 0.719 bits per heavy atom. The molecule has 0 aliphatic carbocycles. The molecule has 1 heterocycles. The average Bonchev–Trinajstić information content (AvgIpc) is 3.30. The van der Waals surface area contributed by atoms with Crippen LogP contribution in [0.25, 0.3) is 77.7 Å². The molecule has 0 radical (unpaired) electrons. The van der Waals surface area contributed by atoms with E-state index in [9.17, 15) is 0 Å². The van der Waals surface area contributed by atoms with Crippen molar-refractivity contribution in [3.63, 3.8) is 0 Å². The number of benzene rings is 9. The molecule has 0 amide bonds. The molecule has 10 rings (SSSR count). The van der Waals surface area contributed by atoms with E-state index in [0.717, 1.165) is 72.5 Å². The largest absolute Gasteiger partial charge is 0.310 e. The lowest BCUT2D eigenvalue weighted by atomic mass is 9.97. The van der Waals surface area contributed by atoms with Gasteiger partial charge in [0, 0.05) is 33.6 Å². The SMILES string of the molecule is c1ccc(-c2cc(-c3ccccc3)cc(N(c3ccccc3)c3ccc(-c4ccc5ccc6nc(-c7ccccc7)c(-c7ccccc7)nc6c5c4)cc3)c2)cc1. The Kier molecular flexibility index (Phi) is 8.86. The van der Waals surface area contributed by atoms with Crippen molar-refractivity contribution in [2.45, 2.75) is 0 Å². The zero-order valence-electron chi connectivity index (χ0n) is 31.2. The summed E-state index contributed by atoms with van der Waals surface area (Å²) in [4.78, 5) is 13.0. The molecule has 10 aromatic rings. The normalized spacial score (nSPS) is 11.2. The highest BCUT2D eigenvalue weighted by molar-refractivity contribution is 6.07. The third-order valence-electron chi connectivity index (χ3n) is 10.6. The number of fused-ring (bicyclic) bond motifs is 3. The monoisotopic (exact) mass is 727 g/mol. The van der Waals surface area contributed by atoms with Crippen molar-refractivity contribution in [3.8, 4) is 55.9 Å². The number of rotatable bonds is 8. The van der Waals surface area contributed by atoms with Crippen LogP contribution in [0.5, 0.6) is 0 Å². The van der Waals surface area contributed by atoms with E-state index >= 15 is 0 Å². The molecule has 0 atom stereocenters. The van der Waals surface area contributed by atoms with Gasteiger partial charge >= 0.3 is 0 Å². The molecule has 0 fully saturated rings. The molecule has 3 nitrogen and oxygen atoms in total. The van der Waals surface area contributed by atoms with E-state index < -0.39 is 0 Å². The van der Waals surface area contributed by atoms with E-state index in [1.165, 1.54) is 22.3 Å². The van der Waals surface area contributed by atoms with Gasteiger partial charge in [-0.15, -0.1) is 0 Å². The first-order valence-corrected chi connectivity index (χ1v) is 19.3. The fourth-order valence-corrected chi connectivity index (χ4v) is 7.77. The van der Waals surface area contributed by atoms with E-state index in [2.05, 4.69) is 217 Å². The summed E-state index contributed by atoms with van der Waals surface area (Å²) in [5.74, 6) is 0. The van der Waals surface area contributed by atoms with Crippen molar-refractivity contribution >= 4 is 38.9 Å². The van der Waals surface area contributed by atoms with Gasteiger partial charge in [0.25, 0.3) is 0 Å². The lowest BCUT2D eigenvalue weighted by Crippen LogP contribution is -2.10. The summed E-state index contributed by atoms with van der Waals surface area (Å²) in [6.45, 7) is 0. The molecule has 3 heteroatoms. The number of aromatic nitrogens is 2. The quantitative estimate of drug-likeness (QED) is 0.146. The Labute approximate surface area is 332 Å². The van der Waals surface area contributed by atoms with Gasteiger partial charge in [0.05, 0.1) is 22.4 Å². The van der Waals surface area contributed by atoms with Crippen molar-refractivity contribution in [3.05, 3.63) is 224 Å². The zero-order chi connectivity index (χ0) is 38.0. The summed E-state index contributed by atoms with van der Waals surface area (Å²) in [5.41, 5.74) is 15.8. The standard InChI is InChI=1S/C54H37N3/c1-6-16-38(17-7-1)45-34-46(39-18-8-2-9-19-39)36-49(35-45)57(47-24-14-5-15-25-47)48-31-28-40(29-32-48)44-27-26-41-30-33-51-54(50(41)37-44)56-53(43-22-12-4-13-23-43)52(55-51)42-20-10-3-11-21-42/h1-37H. The summed E-state index contributed by atoms with van der Waals surface area (Å²) >= 11 is 0. The molecular formula is C54H37N3. The fraction of sp³-hybridized carbons (Fsp3) is 0. The second-order valence-corrected chi connectivity index (χ2v) is 14.2. The molecule has 268 valence electrons. The van der Waals surface area contributed by atoms with E-state index in [4.69, 9.17) is 9.97 Å². The lowest BCUT2D eigenvalue weighted by Gasteiger charge is -2.27. The van der Waals surface area contributed by atoms with Gasteiger partial charge in [-0.2, -0.15) is 0 Å². The molecule has 9 aromatic carbocycles. The van der Waals surface area contributed by atoms with E-state index in [-0.39, 0.29) is 0 Å². The minimum absolute atomic E-state index is 0.875. The van der Waals surface area contributed by atoms with Crippen LogP contribution < -0.4 is 4.90 Å². The van der Waals surface area contributed by atoms with Crippen molar-refractivity contribution in [2.24, 2.45) is 0 Å². The van der Waals surface area contributed by atoms with Crippen molar-refractivity contribution < 1.29 is 0 Å². The van der Waals surface area contributed by atoms with Gasteiger partial charge < -0.3 is 4.90 Å². The Bertz CT molecular complexity index is 2910. The average molecular weight is 728 g/mol. The van der Waals surface area contributed by atoms with Gasteiger partial charge in [-0.3, -0.25) is 0 Å². The first-order valence-electron chi connectivity index (χ1n) is 19.3. The lowest BCUT2D eigenvalue weighted by molar-refractivity contribution is 1.28. The van der Waals surface area contributed by atoms with E-state index in [1.54, 1.807) is 0 Å². The van der Waals surface area contributed by atoms with Crippen LogP contribution in [0.2, 0.25) is 0 Å². The molecule has 0 N–H and O–H groups in total. The van der Waals surface area contributed by atoms with Crippen LogP contribution >= 0.6 is 0 Å². The van der Waals surface area contributed by atoms with Gasteiger partial charge in [-0.25, -0.2) is 9.97 Å². The first-order chi connectivity index (χ1) is 28.2. The maximum absolute atomic E-state index is 5.38. The highest BCUT2D eigenvalue weighted by Gasteiger charge is 2.18. The summed E-state index contributed by atoms with van der Waals surface area (Å²) in [6.07, 6.45) is 0. The molecule has 0 bridgehead atoms. The molecule has 57 heavy (non-hydrogen) atoms. The zero-order valence-corrected chi connectivity index (χ0v) is 31.2. The molecular weight excluding hydrogens is 691 g/mol. The van der Waals surface area contributed by atoms with Gasteiger partial charge in [0.1, 0.15) is 0 Å². The summed E-state index contributed by atoms with van der Waals surface area (Å²) < 4.78 is 0. The number of anilines is 3. The van der Waals surface area contributed by atoms with Gasteiger partial charge in [0.15, 0.2) is 0 Å². The molecule has 0 unspecified atom stereocenters. The molecule has 1 aromatic heterocycles.